The highest BCUT2D eigenvalue weighted by molar-refractivity contribution is 5.87. The molecule has 0 aromatic heterocycles. The van der Waals surface area contributed by atoms with Gasteiger partial charge in [-0.25, -0.2) is 0 Å². The predicted molar refractivity (Wildman–Crippen MR) is 62.8 cm³/mol. The second-order valence-corrected chi connectivity index (χ2v) is 4.49. The van der Waals surface area contributed by atoms with E-state index >= 15 is 0 Å². The molecule has 1 saturated carbocycles. The zero-order valence-electron chi connectivity index (χ0n) is 10.0. The Balaban J connectivity index is 2.36. The van der Waals surface area contributed by atoms with Gasteiger partial charge in [0.25, 0.3) is 0 Å². The third-order valence-corrected chi connectivity index (χ3v) is 3.05. The van der Waals surface area contributed by atoms with Crippen LogP contribution in [-0.4, -0.2) is 36.9 Å². The van der Waals surface area contributed by atoms with Crippen molar-refractivity contribution in [1.82, 2.24) is 10.2 Å². The Morgan fingerprint density at radius 2 is 1.81 bits per heavy atom. The monoisotopic (exact) mass is 224 g/mol. The van der Waals surface area contributed by atoms with Gasteiger partial charge in [-0.15, -0.1) is 0 Å². The van der Waals surface area contributed by atoms with Crippen LogP contribution in [0.4, 0.5) is 0 Å². The molecule has 0 atom stereocenters. The van der Waals surface area contributed by atoms with Crippen LogP contribution in [-0.2, 0) is 9.59 Å². The van der Waals surface area contributed by atoms with E-state index in [1.54, 1.807) is 19.0 Å². The van der Waals surface area contributed by atoms with Gasteiger partial charge in [0.1, 0.15) is 0 Å². The largest absolute Gasteiger partial charge is 0.350 e. The summed E-state index contributed by atoms with van der Waals surface area (Å²) in [7, 11) is 3.57. The van der Waals surface area contributed by atoms with Gasteiger partial charge in [-0.2, -0.15) is 0 Å². The molecule has 0 radical (unpaired) electrons. The number of nitrogens with one attached hydrogen (secondary N) is 1. The molecule has 90 valence electrons. The molecule has 1 N–H and O–H groups in total. The Morgan fingerprint density at radius 3 is 2.25 bits per heavy atom. The third kappa shape index (κ3) is 3.36. The van der Waals surface area contributed by atoms with Gasteiger partial charge in [0.15, 0.2) is 0 Å². The maximum Gasteiger partial charge on any atom is 0.243 e. The Kier molecular flexibility index (Phi) is 4.52. The zero-order valence-corrected chi connectivity index (χ0v) is 10.0. The second kappa shape index (κ2) is 5.68. The van der Waals surface area contributed by atoms with Crippen LogP contribution in [0.1, 0.15) is 25.7 Å². The molecule has 0 saturated heterocycles. The Labute approximate surface area is 96.7 Å². The first kappa shape index (κ1) is 12.7. The maximum atomic E-state index is 11.7. The first-order valence-corrected chi connectivity index (χ1v) is 5.68. The van der Waals surface area contributed by atoms with Gasteiger partial charge in [-0.3, -0.25) is 9.59 Å². The van der Waals surface area contributed by atoms with Crippen LogP contribution in [0.5, 0.6) is 0 Å². The van der Waals surface area contributed by atoms with Crippen LogP contribution in [0.25, 0.3) is 0 Å². The quantitative estimate of drug-likeness (QED) is 0.725. The SMILES string of the molecule is C=CC(=O)NC1CCC(C(=O)N(C)C)CC1. The Morgan fingerprint density at radius 1 is 1.25 bits per heavy atom. The lowest BCUT2D eigenvalue weighted by Gasteiger charge is -2.29. The van der Waals surface area contributed by atoms with Crippen molar-refractivity contribution in [2.24, 2.45) is 5.92 Å². The minimum atomic E-state index is -0.123. The molecule has 0 heterocycles. The van der Waals surface area contributed by atoms with Crippen molar-refractivity contribution in [3.05, 3.63) is 12.7 Å². The molecular weight excluding hydrogens is 204 g/mol. The molecule has 0 bridgehead atoms. The van der Waals surface area contributed by atoms with E-state index in [1.807, 2.05) is 0 Å². The number of rotatable bonds is 3. The van der Waals surface area contributed by atoms with Crippen LogP contribution >= 0.6 is 0 Å². The number of hydrogen-bond donors (Lipinski definition) is 1. The van der Waals surface area contributed by atoms with Crippen LogP contribution in [0.2, 0.25) is 0 Å². The predicted octanol–water partition coefficient (Wildman–Crippen LogP) is 0.936. The summed E-state index contributed by atoms with van der Waals surface area (Å²) in [5.41, 5.74) is 0. The summed E-state index contributed by atoms with van der Waals surface area (Å²) >= 11 is 0. The van der Waals surface area contributed by atoms with Crippen molar-refractivity contribution in [3.8, 4) is 0 Å². The molecule has 1 aliphatic rings. The van der Waals surface area contributed by atoms with E-state index in [0.717, 1.165) is 25.7 Å². The van der Waals surface area contributed by atoms with Crippen molar-refractivity contribution < 1.29 is 9.59 Å². The number of amides is 2. The van der Waals surface area contributed by atoms with E-state index < -0.39 is 0 Å². The van der Waals surface area contributed by atoms with Crippen LogP contribution in [0, 0.1) is 5.92 Å². The van der Waals surface area contributed by atoms with Crippen molar-refractivity contribution >= 4 is 11.8 Å². The van der Waals surface area contributed by atoms with Gasteiger partial charge < -0.3 is 10.2 Å². The standard InChI is InChI=1S/C12H20N2O2/c1-4-11(15)13-10-7-5-9(6-8-10)12(16)14(2)3/h4,9-10H,1,5-8H2,2-3H3,(H,13,15). The zero-order chi connectivity index (χ0) is 12.1. The summed E-state index contributed by atoms with van der Waals surface area (Å²) in [6, 6.07) is 0.205. The second-order valence-electron chi connectivity index (χ2n) is 4.49. The molecule has 0 aliphatic heterocycles. The fourth-order valence-electron chi connectivity index (χ4n) is 2.11. The highest BCUT2D eigenvalue weighted by Gasteiger charge is 2.27. The molecule has 2 amide bonds. The minimum absolute atomic E-state index is 0.123. The van der Waals surface area contributed by atoms with Gasteiger partial charge in [0, 0.05) is 26.1 Å². The Hall–Kier alpha value is -1.32. The number of carbonyl (C=O) groups is 2. The van der Waals surface area contributed by atoms with E-state index in [4.69, 9.17) is 0 Å². The van der Waals surface area contributed by atoms with Crippen molar-refractivity contribution in [2.45, 2.75) is 31.7 Å². The summed E-state index contributed by atoms with van der Waals surface area (Å²) in [5.74, 6) is 0.211. The molecule has 1 rings (SSSR count). The first-order valence-electron chi connectivity index (χ1n) is 5.68. The van der Waals surface area contributed by atoms with Gasteiger partial charge in [0.2, 0.25) is 11.8 Å². The summed E-state index contributed by atoms with van der Waals surface area (Å²) in [6.45, 7) is 3.42. The van der Waals surface area contributed by atoms with Gasteiger partial charge >= 0.3 is 0 Å². The summed E-state index contributed by atoms with van der Waals surface area (Å²) in [6.07, 6.45) is 4.77. The number of hydrogen-bond acceptors (Lipinski definition) is 2. The number of carbonyl (C=O) groups excluding carboxylic acids is 2. The fraction of sp³-hybridized carbons (Fsp3) is 0.667. The molecule has 1 fully saturated rings. The van der Waals surface area contributed by atoms with Gasteiger partial charge in [-0.1, -0.05) is 6.58 Å². The normalized spacial score (nSPS) is 24.6. The molecule has 1 aliphatic carbocycles. The lowest BCUT2D eigenvalue weighted by molar-refractivity contribution is -0.134. The van der Waals surface area contributed by atoms with Crippen LogP contribution < -0.4 is 5.32 Å². The van der Waals surface area contributed by atoms with Crippen LogP contribution in [0.15, 0.2) is 12.7 Å². The van der Waals surface area contributed by atoms with Crippen molar-refractivity contribution in [3.63, 3.8) is 0 Å². The molecule has 4 nitrogen and oxygen atoms in total. The first-order chi connectivity index (χ1) is 7.54. The van der Waals surface area contributed by atoms with Crippen molar-refractivity contribution in [1.29, 1.82) is 0 Å². The van der Waals surface area contributed by atoms with Crippen LogP contribution in [0.3, 0.4) is 0 Å². The molecule has 0 aromatic rings. The highest BCUT2D eigenvalue weighted by atomic mass is 16.2. The lowest BCUT2D eigenvalue weighted by Crippen LogP contribution is -2.40. The summed E-state index contributed by atoms with van der Waals surface area (Å²) in [4.78, 5) is 24.5. The van der Waals surface area contributed by atoms with E-state index in [0.29, 0.717) is 0 Å². The van der Waals surface area contributed by atoms with Gasteiger partial charge in [-0.05, 0) is 31.8 Å². The molecule has 4 heteroatoms. The molecule has 0 aromatic carbocycles. The molecule has 16 heavy (non-hydrogen) atoms. The molecule has 0 spiro atoms. The number of nitrogens with zero attached hydrogens (tertiary/aromatic N) is 1. The minimum Gasteiger partial charge on any atom is -0.350 e. The van der Waals surface area contributed by atoms with E-state index in [1.165, 1.54) is 6.08 Å². The van der Waals surface area contributed by atoms with E-state index in [9.17, 15) is 9.59 Å². The lowest BCUT2D eigenvalue weighted by atomic mass is 9.85. The van der Waals surface area contributed by atoms with Gasteiger partial charge in [0.05, 0.1) is 0 Å². The summed E-state index contributed by atoms with van der Waals surface area (Å²) < 4.78 is 0. The molecule has 0 unspecified atom stereocenters. The average Bonchev–Trinajstić information content (AvgIpc) is 2.28. The van der Waals surface area contributed by atoms with Crippen molar-refractivity contribution in [2.75, 3.05) is 14.1 Å². The topological polar surface area (TPSA) is 49.4 Å². The highest BCUT2D eigenvalue weighted by Crippen LogP contribution is 2.25. The van der Waals surface area contributed by atoms with E-state index in [2.05, 4.69) is 11.9 Å². The molecular formula is C12H20N2O2. The smallest absolute Gasteiger partial charge is 0.243 e. The summed E-state index contributed by atoms with van der Waals surface area (Å²) in [5, 5.41) is 2.88. The van der Waals surface area contributed by atoms with E-state index in [-0.39, 0.29) is 23.8 Å². The Bertz CT molecular complexity index is 279. The average molecular weight is 224 g/mol. The fourth-order valence-corrected chi connectivity index (χ4v) is 2.11. The maximum absolute atomic E-state index is 11.7. The third-order valence-electron chi connectivity index (χ3n) is 3.05.